The van der Waals surface area contributed by atoms with Crippen molar-refractivity contribution in [2.24, 2.45) is 11.3 Å². The van der Waals surface area contributed by atoms with Gasteiger partial charge in [-0.3, -0.25) is 4.79 Å². The second kappa shape index (κ2) is 5.83. The minimum absolute atomic E-state index is 0.157. The number of nitrogens with one attached hydrogen (secondary N) is 2. The summed E-state index contributed by atoms with van der Waals surface area (Å²) in [5, 5.41) is 6.42. The zero-order valence-electron chi connectivity index (χ0n) is 10.8. The monoisotopic (exact) mass is 240 g/mol. The Kier molecular flexibility index (Phi) is 4.40. The van der Waals surface area contributed by atoms with E-state index in [9.17, 15) is 4.79 Å². The highest BCUT2D eigenvalue weighted by molar-refractivity contribution is 5.83. The average Bonchev–Trinajstić information content (AvgIpc) is 2.87. The predicted molar refractivity (Wildman–Crippen MR) is 66.8 cm³/mol. The fourth-order valence-corrected chi connectivity index (χ4v) is 2.79. The van der Waals surface area contributed by atoms with Gasteiger partial charge in [0.15, 0.2) is 0 Å². The van der Waals surface area contributed by atoms with Crippen LogP contribution >= 0.6 is 0 Å². The summed E-state index contributed by atoms with van der Waals surface area (Å²) >= 11 is 0. The van der Waals surface area contributed by atoms with Crippen molar-refractivity contribution in [3.8, 4) is 0 Å². The second-order valence-electron chi connectivity index (χ2n) is 5.35. The summed E-state index contributed by atoms with van der Waals surface area (Å²) in [4.78, 5) is 12.2. The summed E-state index contributed by atoms with van der Waals surface area (Å²) in [7, 11) is 0. The van der Waals surface area contributed by atoms with Crippen molar-refractivity contribution < 1.29 is 9.53 Å². The van der Waals surface area contributed by atoms with Crippen LogP contribution in [0.5, 0.6) is 0 Å². The molecule has 2 aliphatic rings. The summed E-state index contributed by atoms with van der Waals surface area (Å²) in [5.41, 5.74) is -0.157. The molecule has 2 unspecified atom stereocenters. The third kappa shape index (κ3) is 2.99. The molecule has 2 heterocycles. The molecule has 17 heavy (non-hydrogen) atoms. The Hall–Kier alpha value is -0.610. The van der Waals surface area contributed by atoms with Crippen molar-refractivity contribution in [1.82, 2.24) is 10.6 Å². The third-order valence-electron chi connectivity index (χ3n) is 4.21. The van der Waals surface area contributed by atoms with Gasteiger partial charge < -0.3 is 15.4 Å². The first-order chi connectivity index (χ1) is 8.27. The van der Waals surface area contributed by atoms with Crippen LogP contribution in [0.15, 0.2) is 0 Å². The predicted octanol–water partition coefficient (Wildman–Crippen LogP) is 0.919. The molecule has 2 atom stereocenters. The van der Waals surface area contributed by atoms with Gasteiger partial charge >= 0.3 is 0 Å². The molecule has 0 aromatic heterocycles. The molecule has 98 valence electrons. The standard InChI is InChI=1S/C13H24N2O2/c1-2-13(5-6-14-10-13)12(16)15-8-11-4-3-7-17-9-11/h11,14H,2-10H2,1H3,(H,15,16). The van der Waals surface area contributed by atoms with Crippen LogP contribution in [0.4, 0.5) is 0 Å². The van der Waals surface area contributed by atoms with Crippen LogP contribution in [-0.4, -0.2) is 38.8 Å². The minimum atomic E-state index is -0.157. The van der Waals surface area contributed by atoms with Gasteiger partial charge in [0.1, 0.15) is 0 Å². The van der Waals surface area contributed by atoms with E-state index < -0.39 is 0 Å². The smallest absolute Gasteiger partial charge is 0.227 e. The van der Waals surface area contributed by atoms with Crippen LogP contribution in [-0.2, 0) is 9.53 Å². The van der Waals surface area contributed by atoms with E-state index in [1.807, 2.05) is 0 Å². The molecule has 0 radical (unpaired) electrons. The molecule has 0 saturated carbocycles. The Morgan fingerprint density at radius 1 is 1.59 bits per heavy atom. The zero-order valence-corrected chi connectivity index (χ0v) is 10.8. The lowest BCUT2D eigenvalue weighted by Crippen LogP contribution is -2.44. The Labute approximate surface area is 103 Å². The molecule has 2 saturated heterocycles. The van der Waals surface area contributed by atoms with Gasteiger partial charge in [-0.1, -0.05) is 6.92 Å². The fraction of sp³-hybridized carbons (Fsp3) is 0.923. The first-order valence-corrected chi connectivity index (χ1v) is 6.83. The zero-order chi connectivity index (χ0) is 12.1. The minimum Gasteiger partial charge on any atom is -0.381 e. The lowest BCUT2D eigenvalue weighted by Gasteiger charge is -2.28. The molecule has 2 aliphatic heterocycles. The molecule has 0 aliphatic carbocycles. The number of amides is 1. The number of rotatable bonds is 4. The van der Waals surface area contributed by atoms with E-state index in [1.54, 1.807) is 0 Å². The first kappa shape index (κ1) is 12.8. The third-order valence-corrected chi connectivity index (χ3v) is 4.21. The maximum Gasteiger partial charge on any atom is 0.227 e. The Morgan fingerprint density at radius 3 is 3.06 bits per heavy atom. The lowest BCUT2D eigenvalue weighted by atomic mass is 9.83. The highest BCUT2D eigenvalue weighted by atomic mass is 16.5. The van der Waals surface area contributed by atoms with Gasteiger partial charge in [0.2, 0.25) is 5.91 Å². The summed E-state index contributed by atoms with van der Waals surface area (Å²) in [6.07, 6.45) is 4.20. The molecule has 2 rings (SSSR count). The lowest BCUT2D eigenvalue weighted by molar-refractivity contribution is -0.130. The van der Waals surface area contributed by atoms with E-state index in [1.165, 1.54) is 6.42 Å². The number of carbonyl (C=O) groups is 1. The largest absolute Gasteiger partial charge is 0.381 e. The van der Waals surface area contributed by atoms with Gasteiger partial charge in [0.25, 0.3) is 0 Å². The van der Waals surface area contributed by atoms with Gasteiger partial charge in [-0.25, -0.2) is 0 Å². The van der Waals surface area contributed by atoms with Gasteiger partial charge in [-0.2, -0.15) is 0 Å². The Morgan fingerprint density at radius 2 is 2.47 bits per heavy atom. The molecule has 2 fully saturated rings. The van der Waals surface area contributed by atoms with Crippen LogP contribution in [0.1, 0.15) is 32.6 Å². The first-order valence-electron chi connectivity index (χ1n) is 6.83. The molecule has 4 heteroatoms. The average molecular weight is 240 g/mol. The van der Waals surface area contributed by atoms with Crippen molar-refractivity contribution in [1.29, 1.82) is 0 Å². The van der Waals surface area contributed by atoms with E-state index in [0.717, 1.165) is 52.1 Å². The van der Waals surface area contributed by atoms with E-state index in [-0.39, 0.29) is 11.3 Å². The fourth-order valence-electron chi connectivity index (χ4n) is 2.79. The van der Waals surface area contributed by atoms with Crippen molar-refractivity contribution in [3.63, 3.8) is 0 Å². The van der Waals surface area contributed by atoms with Crippen molar-refractivity contribution in [2.75, 3.05) is 32.8 Å². The molecule has 0 aromatic carbocycles. The van der Waals surface area contributed by atoms with Crippen LogP contribution < -0.4 is 10.6 Å². The Bertz CT molecular complexity index is 256. The summed E-state index contributed by atoms with van der Waals surface area (Å²) in [6.45, 7) is 6.37. The normalized spacial score (nSPS) is 33.6. The highest BCUT2D eigenvalue weighted by Crippen LogP contribution is 2.29. The summed E-state index contributed by atoms with van der Waals surface area (Å²) in [5.74, 6) is 0.742. The van der Waals surface area contributed by atoms with Crippen LogP contribution in [0.3, 0.4) is 0 Å². The molecule has 1 amide bonds. The van der Waals surface area contributed by atoms with Crippen LogP contribution in [0.25, 0.3) is 0 Å². The molecular formula is C13H24N2O2. The quantitative estimate of drug-likeness (QED) is 0.768. The summed E-state index contributed by atoms with van der Waals surface area (Å²) < 4.78 is 5.43. The number of carbonyl (C=O) groups excluding carboxylic acids is 1. The second-order valence-corrected chi connectivity index (χ2v) is 5.35. The van der Waals surface area contributed by atoms with Crippen molar-refractivity contribution in [2.45, 2.75) is 32.6 Å². The van der Waals surface area contributed by atoms with Gasteiger partial charge in [-0.05, 0) is 38.1 Å². The molecule has 0 spiro atoms. The number of hydrogen-bond acceptors (Lipinski definition) is 3. The van der Waals surface area contributed by atoms with E-state index in [2.05, 4.69) is 17.6 Å². The van der Waals surface area contributed by atoms with Crippen molar-refractivity contribution >= 4 is 5.91 Å². The topological polar surface area (TPSA) is 50.4 Å². The molecule has 0 bridgehead atoms. The SMILES string of the molecule is CCC1(C(=O)NCC2CCCOC2)CCNC1. The van der Waals surface area contributed by atoms with Crippen LogP contribution in [0, 0.1) is 11.3 Å². The van der Waals surface area contributed by atoms with Crippen LogP contribution in [0.2, 0.25) is 0 Å². The number of hydrogen-bond donors (Lipinski definition) is 2. The van der Waals surface area contributed by atoms with Gasteiger partial charge in [0, 0.05) is 19.7 Å². The number of ether oxygens (including phenoxy) is 1. The molecule has 2 N–H and O–H groups in total. The maximum atomic E-state index is 12.2. The van der Waals surface area contributed by atoms with E-state index in [4.69, 9.17) is 4.74 Å². The van der Waals surface area contributed by atoms with Gasteiger partial charge in [-0.15, -0.1) is 0 Å². The molecule has 4 nitrogen and oxygen atoms in total. The molecular weight excluding hydrogens is 216 g/mol. The van der Waals surface area contributed by atoms with E-state index in [0.29, 0.717) is 5.92 Å². The highest BCUT2D eigenvalue weighted by Gasteiger charge is 2.39. The Balaban J connectivity index is 1.79. The van der Waals surface area contributed by atoms with Crippen molar-refractivity contribution in [3.05, 3.63) is 0 Å². The maximum absolute atomic E-state index is 12.2. The molecule has 0 aromatic rings. The van der Waals surface area contributed by atoms with Gasteiger partial charge in [0.05, 0.1) is 12.0 Å². The summed E-state index contributed by atoms with van der Waals surface area (Å²) in [6, 6.07) is 0. The van der Waals surface area contributed by atoms with E-state index >= 15 is 0 Å².